The van der Waals surface area contributed by atoms with E-state index in [0.29, 0.717) is 5.92 Å². The van der Waals surface area contributed by atoms with Gasteiger partial charge in [-0.3, -0.25) is 4.79 Å². The highest BCUT2D eigenvalue weighted by molar-refractivity contribution is 7.15. The van der Waals surface area contributed by atoms with Gasteiger partial charge >= 0.3 is 5.97 Å². The Kier molecular flexibility index (Phi) is 6.40. The number of esters is 1. The van der Waals surface area contributed by atoms with Gasteiger partial charge in [0, 0.05) is 24.3 Å². The van der Waals surface area contributed by atoms with Gasteiger partial charge in [-0.25, -0.2) is 4.98 Å². The number of ether oxygens (including phenoxy) is 1. The number of rotatable bonds is 5. The lowest BCUT2D eigenvalue weighted by molar-refractivity contribution is -0.160. The third-order valence-electron chi connectivity index (χ3n) is 5.00. The van der Waals surface area contributed by atoms with E-state index in [4.69, 9.17) is 10.5 Å². The molecule has 28 heavy (non-hydrogen) atoms. The van der Waals surface area contributed by atoms with Crippen LogP contribution in [-0.2, 0) is 9.53 Å². The average molecular weight is 402 g/mol. The topological polar surface area (TPSA) is 68.5 Å². The molecule has 0 radical (unpaired) electrons. The van der Waals surface area contributed by atoms with Crippen molar-refractivity contribution in [3.8, 4) is 10.4 Å². The molecule has 0 amide bonds. The number of aromatic nitrogens is 1. The van der Waals surface area contributed by atoms with Gasteiger partial charge in [0.1, 0.15) is 5.60 Å². The first-order chi connectivity index (χ1) is 13.2. The minimum absolute atomic E-state index is 0.104. The molecule has 6 heteroatoms. The largest absolute Gasteiger partial charge is 0.460 e. The number of anilines is 1. The van der Waals surface area contributed by atoms with Crippen LogP contribution in [0.3, 0.4) is 0 Å². The van der Waals surface area contributed by atoms with E-state index in [-0.39, 0.29) is 11.9 Å². The Labute approximate surface area is 171 Å². The smallest absolute Gasteiger partial charge is 0.310 e. The SMILES string of the molecule is CC(CN1CCC(c2ncc(-c3ccc(N)cc3)s2)CC1)C(=O)OC(C)(C)C. The number of piperidine rings is 1. The van der Waals surface area contributed by atoms with Crippen LogP contribution in [0.2, 0.25) is 0 Å². The van der Waals surface area contributed by atoms with Crippen molar-refractivity contribution in [3.05, 3.63) is 35.5 Å². The second-order valence-corrected chi connectivity index (χ2v) is 9.76. The summed E-state index contributed by atoms with van der Waals surface area (Å²) in [5.74, 6) is 0.288. The fraction of sp³-hybridized carbons (Fsp3) is 0.545. The molecular formula is C22H31N3O2S. The molecule has 2 aromatic rings. The van der Waals surface area contributed by atoms with E-state index in [1.165, 1.54) is 15.4 Å². The van der Waals surface area contributed by atoms with Crippen LogP contribution in [0.4, 0.5) is 5.69 Å². The zero-order valence-electron chi connectivity index (χ0n) is 17.3. The molecule has 1 aromatic carbocycles. The Morgan fingerprint density at radius 2 is 1.93 bits per heavy atom. The average Bonchev–Trinajstić information content (AvgIpc) is 3.11. The number of likely N-dealkylation sites (tertiary alicyclic amines) is 1. The summed E-state index contributed by atoms with van der Waals surface area (Å²) in [5, 5.41) is 1.21. The van der Waals surface area contributed by atoms with Gasteiger partial charge < -0.3 is 15.4 Å². The summed E-state index contributed by atoms with van der Waals surface area (Å²) in [6, 6.07) is 7.96. The van der Waals surface area contributed by atoms with Gasteiger partial charge in [0.25, 0.3) is 0 Å². The van der Waals surface area contributed by atoms with Crippen molar-refractivity contribution in [2.45, 2.75) is 52.1 Å². The number of hydrogen-bond donors (Lipinski definition) is 1. The van der Waals surface area contributed by atoms with E-state index in [1.54, 1.807) is 11.3 Å². The zero-order chi connectivity index (χ0) is 20.3. The van der Waals surface area contributed by atoms with Crippen molar-refractivity contribution in [1.29, 1.82) is 0 Å². The van der Waals surface area contributed by atoms with Gasteiger partial charge in [0.05, 0.1) is 15.8 Å². The van der Waals surface area contributed by atoms with Crippen LogP contribution >= 0.6 is 11.3 Å². The molecule has 152 valence electrons. The highest BCUT2D eigenvalue weighted by Gasteiger charge is 2.27. The van der Waals surface area contributed by atoms with Gasteiger partial charge in [-0.05, 0) is 64.4 Å². The molecule has 1 saturated heterocycles. The number of hydrogen-bond acceptors (Lipinski definition) is 6. The number of nitrogens with zero attached hydrogens (tertiary/aromatic N) is 2. The molecule has 2 heterocycles. The summed E-state index contributed by atoms with van der Waals surface area (Å²) in [6.07, 6.45) is 4.13. The van der Waals surface area contributed by atoms with Crippen molar-refractivity contribution < 1.29 is 9.53 Å². The van der Waals surface area contributed by atoms with E-state index >= 15 is 0 Å². The van der Waals surface area contributed by atoms with Gasteiger partial charge in [-0.1, -0.05) is 19.1 Å². The van der Waals surface area contributed by atoms with Crippen LogP contribution < -0.4 is 5.73 Å². The van der Waals surface area contributed by atoms with E-state index in [0.717, 1.165) is 38.2 Å². The number of nitrogen functional groups attached to an aromatic ring is 1. The maximum absolute atomic E-state index is 12.2. The Hall–Kier alpha value is -1.92. The van der Waals surface area contributed by atoms with Gasteiger partial charge in [-0.2, -0.15) is 0 Å². The summed E-state index contributed by atoms with van der Waals surface area (Å²) in [4.78, 5) is 20.5. The molecule has 1 atom stereocenters. The quantitative estimate of drug-likeness (QED) is 0.588. The Bertz CT molecular complexity index is 787. The number of carbonyl (C=O) groups is 1. The van der Waals surface area contributed by atoms with Crippen molar-refractivity contribution in [1.82, 2.24) is 9.88 Å². The maximum atomic E-state index is 12.2. The first kappa shape index (κ1) is 20.8. The highest BCUT2D eigenvalue weighted by Crippen LogP contribution is 2.35. The fourth-order valence-corrected chi connectivity index (χ4v) is 4.58. The molecule has 3 rings (SSSR count). The summed E-state index contributed by atoms with van der Waals surface area (Å²) in [7, 11) is 0. The van der Waals surface area contributed by atoms with E-state index < -0.39 is 5.60 Å². The van der Waals surface area contributed by atoms with Crippen LogP contribution in [-0.4, -0.2) is 41.1 Å². The molecular weight excluding hydrogens is 370 g/mol. The second kappa shape index (κ2) is 8.62. The lowest BCUT2D eigenvalue weighted by Gasteiger charge is -2.33. The third-order valence-corrected chi connectivity index (χ3v) is 6.21. The van der Waals surface area contributed by atoms with Crippen molar-refractivity contribution in [2.24, 2.45) is 5.92 Å². The Morgan fingerprint density at radius 3 is 2.54 bits per heavy atom. The molecule has 5 nitrogen and oxygen atoms in total. The van der Waals surface area contributed by atoms with Crippen LogP contribution in [0.1, 0.15) is 51.5 Å². The maximum Gasteiger partial charge on any atom is 0.310 e. The number of carbonyl (C=O) groups excluding carboxylic acids is 1. The molecule has 1 fully saturated rings. The Balaban J connectivity index is 1.52. The highest BCUT2D eigenvalue weighted by atomic mass is 32.1. The van der Waals surface area contributed by atoms with Crippen LogP contribution in [0, 0.1) is 5.92 Å². The summed E-state index contributed by atoms with van der Waals surface area (Å²) in [5.41, 5.74) is 7.30. The third kappa shape index (κ3) is 5.55. The summed E-state index contributed by atoms with van der Waals surface area (Å²) >= 11 is 1.78. The summed E-state index contributed by atoms with van der Waals surface area (Å²) in [6.45, 7) is 10.4. The first-order valence-electron chi connectivity index (χ1n) is 9.98. The van der Waals surface area contributed by atoms with Gasteiger partial charge in [0.2, 0.25) is 0 Å². The summed E-state index contributed by atoms with van der Waals surface area (Å²) < 4.78 is 5.50. The van der Waals surface area contributed by atoms with Crippen molar-refractivity contribution in [3.63, 3.8) is 0 Å². The predicted molar refractivity (Wildman–Crippen MR) is 115 cm³/mol. The lowest BCUT2D eigenvalue weighted by Crippen LogP contribution is -2.39. The minimum atomic E-state index is -0.425. The molecule has 0 bridgehead atoms. The molecule has 1 aliphatic rings. The number of nitrogens with two attached hydrogens (primary N) is 1. The van der Waals surface area contributed by atoms with E-state index in [2.05, 4.69) is 9.88 Å². The van der Waals surface area contributed by atoms with Crippen molar-refractivity contribution in [2.75, 3.05) is 25.4 Å². The predicted octanol–water partition coefficient (Wildman–Crippen LogP) is 4.55. The molecule has 1 unspecified atom stereocenters. The zero-order valence-corrected chi connectivity index (χ0v) is 18.1. The van der Waals surface area contributed by atoms with Crippen LogP contribution in [0.25, 0.3) is 10.4 Å². The lowest BCUT2D eigenvalue weighted by atomic mass is 9.96. The van der Waals surface area contributed by atoms with Crippen molar-refractivity contribution >= 4 is 23.0 Å². The molecule has 0 saturated carbocycles. The van der Waals surface area contributed by atoms with E-state index in [9.17, 15) is 4.79 Å². The second-order valence-electron chi connectivity index (χ2n) is 8.69. The fourth-order valence-electron chi connectivity index (χ4n) is 3.48. The van der Waals surface area contributed by atoms with Gasteiger partial charge in [0.15, 0.2) is 0 Å². The monoisotopic (exact) mass is 401 g/mol. The number of thiazole rings is 1. The van der Waals surface area contributed by atoms with Crippen LogP contribution in [0.15, 0.2) is 30.5 Å². The van der Waals surface area contributed by atoms with Gasteiger partial charge in [-0.15, -0.1) is 11.3 Å². The molecule has 0 aliphatic carbocycles. The molecule has 1 aliphatic heterocycles. The normalized spacial score (nSPS) is 17.4. The molecule has 1 aromatic heterocycles. The first-order valence-corrected chi connectivity index (χ1v) is 10.8. The minimum Gasteiger partial charge on any atom is -0.460 e. The standard InChI is InChI=1S/C22H31N3O2S/c1-15(21(26)27-22(2,3)4)14-25-11-9-17(10-12-25)20-24-13-19(28-20)16-5-7-18(23)8-6-16/h5-8,13,15,17H,9-12,14,23H2,1-4H3. The number of benzene rings is 1. The van der Waals surface area contributed by atoms with E-state index in [1.807, 2.05) is 58.2 Å². The van der Waals surface area contributed by atoms with Crippen LogP contribution in [0.5, 0.6) is 0 Å². The molecule has 2 N–H and O–H groups in total. The Morgan fingerprint density at radius 1 is 1.29 bits per heavy atom. The molecule has 0 spiro atoms.